The minimum absolute atomic E-state index is 0.112. The second-order valence-electron chi connectivity index (χ2n) is 6.76. The number of nitrogens with one attached hydrogen (secondary N) is 1. The average Bonchev–Trinajstić information content (AvgIpc) is 2.73. The third kappa shape index (κ3) is 4.71. The SMILES string of the molecule is COC(=O)CNC(=O)C1(Cc2ccc(-c3ccncc3)cc2)CCOCC1. The molecule has 1 aliphatic heterocycles. The number of methoxy groups -OCH3 is 1. The number of rotatable bonds is 6. The average molecular weight is 368 g/mol. The van der Waals surface area contributed by atoms with E-state index in [4.69, 9.17) is 4.74 Å². The molecule has 0 spiro atoms. The van der Waals surface area contributed by atoms with E-state index < -0.39 is 11.4 Å². The van der Waals surface area contributed by atoms with Crippen LogP contribution in [0.5, 0.6) is 0 Å². The van der Waals surface area contributed by atoms with E-state index in [0.29, 0.717) is 32.5 Å². The number of ether oxygens (including phenoxy) is 2. The molecule has 1 N–H and O–H groups in total. The Morgan fingerprint density at radius 3 is 2.33 bits per heavy atom. The summed E-state index contributed by atoms with van der Waals surface area (Å²) in [7, 11) is 1.31. The molecule has 0 saturated carbocycles. The first-order valence-electron chi connectivity index (χ1n) is 9.05. The zero-order valence-electron chi connectivity index (χ0n) is 15.4. The van der Waals surface area contributed by atoms with Gasteiger partial charge in [-0.3, -0.25) is 14.6 Å². The third-order valence-corrected chi connectivity index (χ3v) is 5.06. The Kier molecular flexibility index (Phi) is 6.19. The van der Waals surface area contributed by atoms with Crippen LogP contribution in [0.1, 0.15) is 18.4 Å². The van der Waals surface area contributed by atoms with E-state index in [1.54, 1.807) is 12.4 Å². The highest BCUT2D eigenvalue weighted by Crippen LogP contribution is 2.35. The zero-order valence-corrected chi connectivity index (χ0v) is 15.4. The number of hydrogen-bond donors (Lipinski definition) is 1. The lowest BCUT2D eigenvalue weighted by Crippen LogP contribution is -2.47. The number of pyridine rings is 1. The summed E-state index contributed by atoms with van der Waals surface area (Å²) in [5.41, 5.74) is 2.73. The van der Waals surface area contributed by atoms with Gasteiger partial charge >= 0.3 is 5.97 Å². The maximum Gasteiger partial charge on any atom is 0.325 e. The predicted octanol–water partition coefficient (Wildman–Crippen LogP) is 2.38. The van der Waals surface area contributed by atoms with Crippen molar-refractivity contribution in [2.24, 2.45) is 5.41 Å². The van der Waals surface area contributed by atoms with Crippen molar-refractivity contribution in [3.05, 3.63) is 54.4 Å². The van der Waals surface area contributed by atoms with Crippen molar-refractivity contribution in [2.75, 3.05) is 26.9 Å². The summed E-state index contributed by atoms with van der Waals surface area (Å²) in [5.74, 6) is -0.568. The fraction of sp³-hybridized carbons (Fsp3) is 0.381. The lowest BCUT2D eigenvalue weighted by Gasteiger charge is -2.35. The monoisotopic (exact) mass is 368 g/mol. The highest BCUT2D eigenvalue weighted by Gasteiger charge is 2.40. The van der Waals surface area contributed by atoms with Crippen LogP contribution in [0.15, 0.2) is 48.8 Å². The van der Waals surface area contributed by atoms with Crippen molar-refractivity contribution in [2.45, 2.75) is 19.3 Å². The molecule has 142 valence electrons. The maximum atomic E-state index is 12.9. The van der Waals surface area contributed by atoms with Crippen LogP contribution in [0.4, 0.5) is 0 Å². The van der Waals surface area contributed by atoms with Crippen molar-refractivity contribution < 1.29 is 19.1 Å². The molecule has 1 aromatic heterocycles. The molecule has 1 aliphatic rings. The van der Waals surface area contributed by atoms with E-state index >= 15 is 0 Å². The van der Waals surface area contributed by atoms with E-state index in [1.165, 1.54) is 7.11 Å². The first-order valence-corrected chi connectivity index (χ1v) is 9.05. The van der Waals surface area contributed by atoms with Crippen LogP contribution >= 0.6 is 0 Å². The molecular weight excluding hydrogens is 344 g/mol. The van der Waals surface area contributed by atoms with Crippen molar-refractivity contribution >= 4 is 11.9 Å². The van der Waals surface area contributed by atoms with Crippen LogP contribution in [-0.4, -0.2) is 43.7 Å². The Morgan fingerprint density at radius 2 is 1.70 bits per heavy atom. The van der Waals surface area contributed by atoms with E-state index in [1.807, 2.05) is 12.1 Å². The lowest BCUT2D eigenvalue weighted by molar-refractivity contribution is -0.144. The van der Waals surface area contributed by atoms with E-state index in [9.17, 15) is 9.59 Å². The molecule has 0 atom stereocenters. The molecule has 0 bridgehead atoms. The summed E-state index contributed by atoms with van der Waals surface area (Å²) in [6.45, 7) is 0.973. The summed E-state index contributed by atoms with van der Waals surface area (Å²) in [6, 6.07) is 12.2. The van der Waals surface area contributed by atoms with Gasteiger partial charge in [0.05, 0.1) is 12.5 Å². The smallest absolute Gasteiger partial charge is 0.325 e. The molecular formula is C21H24N2O4. The Balaban J connectivity index is 1.74. The first kappa shape index (κ1) is 19.0. The van der Waals surface area contributed by atoms with Gasteiger partial charge in [0.2, 0.25) is 5.91 Å². The third-order valence-electron chi connectivity index (χ3n) is 5.06. The van der Waals surface area contributed by atoms with Gasteiger partial charge in [-0.15, -0.1) is 0 Å². The maximum absolute atomic E-state index is 12.9. The number of carbonyl (C=O) groups excluding carboxylic acids is 2. The van der Waals surface area contributed by atoms with Gasteiger partial charge in [-0.05, 0) is 48.1 Å². The molecule has 6 nitrogen and oxygen atoms in total. The van der Waals surface area contributed by atoms with Gasteiger partial charge in [0.15, 0.2) is 0 Å². The first-order chi connectivity index (χ1) is 13.1. The summed E-state index contributed by atoms with van der Waals surface area (Å²) in [6.07, 6.45) is 5.41. The minimum atomic E-state index is -0.565. The summed E-state index contributed by atoms with van der Waals surface area (Å²) in [5, 5.41) is 2.73. The van der Waals surface area contributed by atoms with Crippen LogP contribution in [0.3, 0.4) is 0 Å². The van der Waals surface area contributed by atoms with Crippen LogP contribution in [-0.2, 0) is 25.5 Å². The van der Waals surface area contributed by atoms with Gasteiger partial charge in [0.1, 0.15) is 6.54 Å². The molecule has 1 saturated heterocycles. The molecule has 1 aromatic carbocycles. The highest BCUT2D eigenvalue weighted by molar-refractivity contribution is 5.86. The number of benzene rings is 1. The fourth-order valence-electron chi connectivity index (χ4n) is 3.41. The van der Waals surface area contributed by atoms with Gasteiger partial charge in [0, 0.05) is 25.6 Å². The van der Waals surface area contributed by atoms with Crippen LogP contribution in [0.25, 0.3) is 11.1 Å². The minimum Gasteiger partial charge on any atom is -0.468 e. The number of nitrogens with zero attached hydrogens (tertiary/aromatic N) is 1. The summed E-state index contributed by atoms with van der Waals surface area (Å²) < 4.78 is 10.1. The van der Waals surface area contributed by atoms with Gasteiger partial charge in [0.25, 0.3) is 0 Å². The Hall–Kier alpha value is -2.73. The molecule has 6 heteroatoms. The van der Waals surface area contributed by atoms with Gasteiger partial charge in [-0.2, -0.15) is 0 Å². The number of esters is 1. The number of amides is 1. The van der Waals surface area contributed by atoms with Crippen LogP contribution in [0.2, 0.25) is 0 Å². The van der Waals surface area contributed by atoms with Gasteiger partial charge in [-0.1, -0.05) is 24.3 Å². The molecule has 1 amide bonds. The molecule has 0 aliphatic carbocycles. The van der Waals surface area contributed by atoms with Gasteiger partial charge < -0.3 is 14.8 Å². The Labute approximate surface area is 158 Å². The second kappa shape index (κ2) is 8.77. The lowest BCUT2D eigenvalue weighted by atomic mass is 9.74. The van der Waals surface area contributed by atoms with E-state index in [2.05, 4.69) is 39.3 Å². The molecule has 3 rings (SSSR count). The quantitative estimate of drug-likeness (QED) is 0.792. The molecule has 2 aromatic rings. The zero-order chi connectivity index (χ0) is 19.1. The van der Waals surface area contributed by atoms with Crippen molar-refractivity contribution in [1.82, 2.24) is 10.3 Å². The topological polar surface area (TPSA) is 77.5 Å². The summed E-state index contributed by atoms with van der Waals surface area (Å²) >= 11 is 0. The van der Waals surface area contributed by atoms with E-state index in [-0.39, 0.29) is 12.5 Å². The molecule has 0 unspecified atom stereocenters. The summed E-state index contributed by atoms with van der Waals surface area (Å²) in [4.78, 5) is 28.3. The number of aromatic nitrogens is 1. The fourth-order valence-corrected chi connectivity index (χ4v) is 3.41. The normalized spacial score (nSPS) is 15.7. The van der Waals surface area contributed by atoms with Crippen molar-refractivity contribution in [1.29, 1.82) is 0 Å². The highest BCUT2D eigenvalue weighted by atomic mass is 16.5. The standard InChI is InChI=1S/C21H24N2O4/c1-26-19(24)15-23-20(25)21(8-12-27-13-9-21)14-16-2-4-17(5-3-16)18-6-10-22-11-7-18/h2-7,10-11H,8-9,12-15H2,1H3,(H,23,25). The Morgan fingerprint density at radius 1 is 1.07 bits per heavy atom. The second-order valence-corrected chi connectivity index (χ2v) is 6.76. The number of hydrogen-bond acceptors (Lipinski definition) is 5. The van der Waals surface area contributed by atoms with Gasteiger partial charge in [-0.25, -0.2) is 0 Å². The largest absolute Gasteiger partial charge is 0.468 e. The van der Waals surface area contributed by atoms with E-state index in [0.717, 1.165) is 16.7 Å². The van der Waals surface area contributed by atoms with Crippen molar-refractivity contribution in [3.63, 3.8) is 0 Å². The Bertz CT molecular complexity index is 769. The molecule has 1 fully saturated rings. The predicted molar refractivity (Wildman–Crippen MR) is 101 cm³/mol. The van der Waals surface area contributed by atoms with Crippen molar-refractivity contribution in [3.8, 4) is 11.1 Å². The molecule has 2 heterocycles. The van der Waals surface area contributed by atoms with Crippen LogP contribution in [0, 0.1) is 5.41 Å². The molecule has 27 heavy (non-hydrogen) atoms. The molecule has 0 radical (unpaired) electrons. The van der Waals surface area contributed by atoms with Crippen LogP contribution < -0.4 is 5.32 Å². The number of carbonyl (C=O) groups is 2.